The molecule has 0 aromatic carbocycles. The largest absolute Gasteiger partial charge is 0.618 e. The van der Waals surface area contributed by atoms with Crippen molar-refractivity contribution < 1.29 is 18.3 Å². The molecule has 0 saturated heterocycles. The van der Waals surface area contributed by atoms with Crippen molar-refractivity contribution in [3.05, 3.63) is 92.6 Å². The highest BCUT2D eigenvalue weighted by molar-refractivity contribution is 6.29. The molecule has 0 unspecified atom stereocenters. The molecule has 4 aromatic heterocycles. The number of pyridine rings is 2. The van der Waals surface area contributed by atoms with E-state index in [1.165, 1.54) is 29.5 Å². The Hall–Kier alpha value is -4.17. The molecule has 2 N–H and O–H groups in total. The molecule has 0 fully saturated rings. The Morgan fingerprint density at radius 2 is 2.03 bits per heavy atom. The van der Waals surface area contributed by atoms with E-state index in [1.807, 2.05) is 0 Å². The molecule has 0 aliphatic carbocycles. The van der Waals surface area contributed by atoms with Crippen LogP contribution in [-0.2, 0) is 23.8 Å². The third kappa shape index (κ3) is 5.98. The molecule has 0 spiro atoms. The highest BCUT2D eigenvalue weighted by atomic mass is 35.5. The van der Waals surface area contributed by atoms with E-state index >= 15 is 0 Å². The smallest absolute Gasteiger partial charge is 0.347 e. The van der Waals surface area contributed by atoms with Crippen molar-refractivity contribution >= 4 is 34.9 Å². The number of nitrogens with zero attached hydrogens (tertiary/aromatic N) is 7. The lowest BCUT2D eigenvalue weighted by molar-refractivity contribution is -0.624. The zero-order valence-electron chi connectivity index (χ0n) is 18.7. The van der Waals surface area contributed by atoms with Crippen molar-refractivity contribution in [3.8, 4) is 5.69 Å². The summed E-state index contributed by atoms with van der Waals surface area (Å²) in [6, 6.07) is 6.76. The van der Waals surface area contributed by atoms with Gasteiger partial charge in [0.2, 0.25) is 5.91 Å². The van der Waals surface area contributed by atoms with Crippen LogP contribution in [0.5, 0.6) is 0 Å². The molecule has 12 nitrogen and oxygen atoms in total. The van der Waals surface area contributed by atoms with Crippen LogP contribution in [-0.4, -0.2) is 41.8 Å². The SMILES string of the molecule is O=C(Cn1c(Cl)cnc(NCC(F)(F)c2cccc[n+]2[O-])c1=O)NCc1nc(Cl)ccc1-n1cncn1. The maximum atomic E-state index is 14.5. The van der Waals surface area contributed by atoms with Gasteiger partial charge in [0.1, 0.15) is 29.5 Å². The molecule has 1 amide bonds. The molecule has 4 aromatic rings. The van der Waals surface area contributed by atoms with Gasteiger partial charge in [0.05, 0.1) is 30.7 Å². The molecular formula is C21H17Cl2F2N9O3. The van der Waals surface area contributed by atoms with Gasteiger partial charge in [0.15, 0.2) is 12.0 Å². The topological polar surface area (TPSA) is 147 Å². The van der Waals surface area contributed by atoms with Crippen molar-refractivity contribution in [2.24, 2.45) is 0 Å². The minimum absolute atomic E-state index is 0.0304. The number of anilines is 1. The lowest BCUT2D eigenvalue weighted by atomic mass is 10.2. The molecule has 192 valence electrons. The Bertz CT molecular complexity index is 1480. The van der Waals surface area contributed by atoms with E-state index in [0.717, 1.165) is 23.0 Å². The van der Waals surface area contributed by atoms with Gasteiger partial charge < -0.3 is 15.8 Å². The molecule has 0 bridgehead atoms. The number of rotatable bonds is 9. The monoisotopic (exact) mass is 551 g/mol. The van der Waals surface area contributed by atoms with Crippen LogP contribution in [0.15, 0.2) is 60.2 Å². The average molecular weight is 552 g/mol. The summed E-state index contributed by atoms with van der Waals surface area (Å²) in [5, 5.41) is 20.5. The molecule has 0 saturated carbocycles. The average Bonchev–Trinajstić information content (AvgIpc) is 3.40. The van der Waals surface area contributed by atoms with E-state index in [0.29, 0.717) is 11.4 Å². The van der Waals surface area contributed by atoms with Gasteiger partial charge in [0.25, 0.3) is 11.3 Å². The number of carbonyl (C=O) groups excluding carboxylic acids is 1. The highest BCUT2D eigenvalue weighted by Crippen LogP contribution is 2.25. The second-order valence-corrected chi connectivity index (χ2v) is 8.28. The minimum Gasteiger partial charge on any atom is -0.618 e. The fourth-order valence-corrected chi connectivity index (χ4v) is 3.60. The van der Waals surface area contributed by atoms with Gasteiger partial charge in [-0.15, -0.1) is 0 Å². The Morgan fingerprint density at radius 3 is 2.76 bits per heavy atom. The van der Waals surface area contributed by atoms with Crippen LogP contribution in [0.3, 0.4) is 0 Å². The molecule has 0 atom stereocenters. The van der Waals surface area contributed by atoms with Gasteiger partial charge in [-0.2, -0.15) is 18.6 Å². The van der Waals surface area contributed by atoms with Crippen LogP contribution in [0.1, 0.15) is 11.4 Å². The fraction of sp³-hybridized carbons (Fsp3) is 0.190. The van der Waals surface area contributed by atoms with Crippen molar-refractivity contribution in [2.45, 2.75) is 19.0 Å². The summed E-state index contributed by atoms with van der Waals surface area (Å²) in [5.74, 6) is -4.73. The van der Waals surface area contributed by atoms with Crippen molar-refractivity contribution in [3.63, 3.8) is 0 Å². The van der Waals surface area contributed by atoms with Crippen LogP contribution in [0.25, 0.3) is 5.69 Å². The van der Waals surface area contributed by atoms with Crippen molar-refractivity contribution in [1.82, 2.24) is 34.6 Å². The van der Waals surface area contributed by atoms with Gasteiger partial charge in [-0.1, -0.05) is 23.2 Å². The second-order valence-electron chi connectivity index (χ2n) is 7.51. The fourth-order valence-electron chi connectivity index (χ4n) is 3.25. The van der Waals surface area contributed by atoms with E-state index in [-0.39, 0.29) is 21.6 Å². The third-order valence-corrected chi connectivity index (χ3v) is 5.53. The van der Waals surface area contributed by atoms with E-state index in [1.54, 1.807) is 12.1 Å². The van der Waals surface area contributed by atoms with Gasteiger partial charge in [-0.05, 0) is 18.2 Å². The molecule has 0 radical (unpaired) electrons. The standard InChI is InChI=1S/C21H17Cl2F2N9O3/c22-16-5-4-14(33-12-26-11-30-33)13(31-16)7-27-18(35)9-32-17(23)8-28-19(20(32)36)29-10-21(24,25)15-3-1-2-6-34(15)37/h1-6,8,11-12H,7,9-10H2,(H,27,35)(H,28,29). The van der Waals surface area contributed by atoms with Crippen LogP contribution in [0.4, 0.5) is 14.6 Å². The summed E-state index contributed by atoms with van der Waals surface area (Å²) in [6.45, 7) is -1.71. The van der Waals surface area contributed by atoms with Crippen LogP contribution in [0, 0.1) is 5.21 Å². The van der Waals surface area contributed by atoms with E-state index < -0.39 is 42.0 Å². The first-order valence-corrected chi connectivity index (χ1v) is 11.2. The Morgan fingerprint density at radius 1 is 1.22 bits per heavy atom. The zero-order valence-corrected chi connectivity index (χ0v) is 20.2. The number of halogens is 4. The van der Waals surface area contributed by atoms with Crippen molar-refractivity contribution in [1.29, 1.82) is 0 Å². The van der Waals surface area contributed by atoms with E-state index in [4.69, 9.17) is 23.2 Å². The number of aromatic nitrogens is 7. The number of hydrogen-bond acceptors (Lipinski definition) is 8. The summed E-state index contributed by atoms with van der Waals surface area (Å²) in [7, 11) is 0. The van der Waals surface area contributed by atoms with E-state index in [2.05, 4.69) is 30.7 Å². The maximum Gasteiger partial charge on any atom is 0.347 e. The molecular weight excluding hydrogens is 535 g/mol. The first-order valence-electron chi connectivity index (χ1n) is 10.5. The highest BCUT2D eigenvalue weighted by Gasteiger charge is 2.39. The van der Waals surface area contributed by atoms with Gasteiger partial charge in [-0.25, -0.2) is 19.6 Å². The molecule has 37 heavy (non-hydrogen) atoms. The Labute approximate surface area is 217 Å². The molecule has 4 rings (SSSR count). The second kappa shape index (κ2) is 10.8. The number of nitrogens with one attached hydrogen (secondary N) is 2. The normalized spacial score (nSPS) is 11.4. The quantitative estimate of drug-likeness (QED) is 0.181. The minimum atomic E-state index is -3.62. The first-order chi connectivity index (χ1) is 17.7. The molecule has 4 heterocycles. The molecule has 0 aliphatic heterocycles. The summed E-state index contributed by atoms with van der Waals surface area (Å²) in [6.07, 6.45) is 4.74. The van der Waals surface area contributed by atoms with Gasteiger partial charge in [0, 0.05) is 12.1 Å². The number of hydrogen-bond donors (Lipinski definition) is 2. The van der Waals surface area contributed by atoms with Crippen LogP contribution in [0.2, 0.25) is 10.3 Å². The Kier molecular flexibility index (Phi) is 7.59. The van der Waals surface area contributed by atoms with E-state index in [9.17, 15) is 23.6 Å². The van der Waals surface area contributed by atoms with Crippen molar-refractivity contribution in [2.75, 3.05) is 11.9 Å². The Balaban J connectivity index is 1.46. The van der Waals surface area contributed by atoms with Gasteiger partial charge >= 0.3 is 5.92 Å². The van der Waals surface area contributed by atoms with Gasteiger partial charge in [-0.3, -0.25) is 14.2 Å². The predicted molar refractivity (Wildman–Crippen MR) is 127 cm³/mol. The predicted octanol–water partition coefficient (Wildman–Crippen LogP) is 1.68. The number of amides is 1. The first kappa shape index (κ1) is 25.9. The lowest BCUT2D eigenvalue weighted by Gasteiger charge is -2.17. The number of alkyl halides is 2. The molecule has 0 aliphatic rings. The van der Waals surface area contributed by atoms with Crippen LogP contribution < -0.4 is 20.9 Å². The maximum absolute atomic E-state index is 14.5. The summed E-state index contributed by atoms with van der Waals surface area (Å²) >= 11 is 12.0. The summed E-state index contributed by atoms with van der Waals surface area (Å²) < 4.78 is 31.3. The summed E-state index contributed by atoms with van der Waals surface area (Å²) in [4.78, 5) is 37.2. The zero-order chi connectivity index (χ0) is 26.6. The summed E-state index contributed by atoms with van der Waals surface area (Å²) in [5.41, 5.74) is -0.825. The van der Waals surface area contributed by atoms with Crippen LogP contribution >= 0.6 is 23.2 Å². The number of carbonyl (C=O) groups is 1. The lowest BCUT2D eigenvalue weighted by Crippen LogP contribution is -2.41. The molecule has 16 heteroatoms. The third-order valence-electron chi connectivity index (χ3n) is 5.02.